The predicted molar refractivity (Wildman–Crippen MR) is 74.4 cm³/mol. The van der Waals surface area contributed by atoms with Gasteiger partial charge in [0.05, 0.1) is 22.7 Å². The van der Waals surface area contributed by atoms with E-state index in [0.717, 1.165) is 25.7 Å². The molecule has 1 aliphatic carbocycles. The minimum Gasteiger partial charge on any atom is -0.393 e. The summed E-state index contributed by atoms with van der Waals surface area (Å²) >= 11 is 0. The highest BCUT2D eigenvalue weighted by Gasteiger charge is 2.22. The zero-order valence-corrected chi connectivity index (χ0v) is 11.3. The fraction of sp³-hybridized carbons (Fsp3) is 0.500. The average Bonchev–Trinajstić information content (AvgIpc) is 2.43. The van der Waals surface area contributed by atoms with Crippen LogP contribution < -0.4 is 5.32 Å². The van der Waals surface area contributed by atoms with E-state index in [9.17, 15) is 15.2 Å². The van der Waals surface area contributed by atoms with Crippen molar-refractivity contribution in [1.29, 1.82) is 5.26 Å². The van der Waals surface area contributed by atoms with Gasteiger partial charge < -0.3 is 10.4 Å². The van der Waals surface area contributed by atoms with Gasteiger partial charge in [0.2, 0.25) is 0 Å². The summed E-state index contributed by atoms with van der Waals surface area (Å²) in [5, 5.41) is 32.7. The third kappa shape index (κ3) is 3.06. The van der Waals surface area contributed by atoms with Crippen LogP contribution in [-0.4, -0.2) is 22.2 Å². The van der Waals surface area contributed by atoms with Gasteiger partial charge in [-0.1, -0.05) is 0 Å². The normalized spacial score (nSPS) is 22.1. The Kier molecular flexibility index (Phi) is 4.20. The third-order valence-electron chi connectivity index (χ3n) is 3.76. The molecule has 0 aliphatic heterocycles. The van der Waals surface area contributed by atoms with E-state index in [2.05, 4.69) is 5.32 Å². The molecule has 0 amide bonds. The summed E-state index contributed by atoms with van der Waals surface area (Å²) < 4.78 is 0. The Bertz CT molecular complexity index is 558. The van der Waals surface area contributed by atoms with Crippen molar-refractivity contribution in [3.8, 4) is 6.07 Å². The van der Waals surface area contributed by atoms with Gasteiger partial charge in [-0.15, -0.1) is 0 Å². The van der Waals surface area contributed by atoms with Gasteiger partial charge in [0.25, 0.3) is 5.69 Å². The number of nitrogens with zero attached hydrogens (tertiary/aromatic N) is 2. The molecule has 0 bridgehead atoms. The number of aliphatic hydroxyl groups is 1. The molecule has 0 unspecified atom stereocenters. The van der Waals surface area contributed by atoms with E-state index in [1.807, 2.05) is 6.07 Å². The first-order valence-corrected chi connectivity index (χ1v) is 6.65. The molecule has 1 saturated carbocycles. The fourth-order valence-corrected chi connectivity index (χ4v) is 2.54. The molecule has 1 fully saturated rings. The van der Waals surface area contributed by atoms with Crippen LogP contribution in [0, 0.1) is 28.4 Å². The van der Waals surface area contributed by atoms with Crippen molar-refractivity contribution in [1.82, 2.24) is 0 Å². The third-order valence-corrected chi connectivity index (χ3v) is 3.76. The van der Waals surface area contributed by atoms with Gasteiger partial charge in [-0.2, -0.15) is 5.26 Å². The van der Waals surface area contributed by atoms with Crippen LogP contribution in [0.15, 0.2) is 12.1 Å². The average molecular weight is 275 g/mol. The predicted octanol–water partition coefficient (Wildman–Crippen LogP) is 2.49. The van der Waals surface area contributed by atoms with Gasteiger partial charge >= 0.3 is 0 Å². The summed E-state index contributed by atoms with van der Waals surface area (Å²) in [6, 6.07) is 5.08. The smallest absolute Gasteiger partial charge is 0.275 e. The van der Waals surface area contributed by atoms with Gasteiger partial charge in [-0.3, -0.25) is 10.1 Å². The van der Waals surface area contributed by atoms with E-state index < -0.39 is 4.92 Å². The Hall–Kier alpha value is -2.13. The lowest BCUT2D eigenvalue weighted by Gasteiger charge is -2.27. The highest BCUT2D eigenvalue weighted by Crippen LogP contribution is 2.30. The molecule has 2 rings (SSSR count). The Balaban J connectivity index is 2.25. The number of aliphatic hydroxyl groups excluding tert-OH is 1. The maximum Gasteiger partial charge on any atom is 0.275 e. The van der Waals surface area contributed by atoms with Crippen LogP contribution in [0.4, 0.5) is 11.4 Å². The van der Waals surface area contributed by atoms with E-state index in [-0.39, 0.29) is 23.4 Å². The molecule has 2 N–H and O–H groups in total. The zero-order chi connectivity index (χ0) is 14.7. The number of hydrogen-bond donors (Lipinski definition) is 2. The molecule has 0 radical (unpaired) electrons. The minimum atomic E-state index is -0.466. The molecule has 1 aromatic carbocycles. The lowest BCUT2D eigenvalue weighted by atomic mass is 9.92. The topological polar surface area (TPSA) is 99.2 Å². The maximum atomic E-state index is 11.0. The molecule has 0 heterocycles. The summed E-state index contributed by atoms with van der Waals surface area (Å²) in [6.07, 6.45) is 2.87. The monoisotopic (exact) mass is 275 g/mol. The second kappa shape index (κ2) is 5.88. The Morgan fingerprint density at radius 2 is 2.05 bits per heavy atom. The molecule has 1 aromatic rings. The molecule has 0 spiro atoms. The lowest BCUT2D eigenvalue weighted by Crippen LogP contribution is -2.28. The second-order valence-electron chi connectivity index (χ2n) is 5.19. The molecule has 6 nitrogen and oxygen atoms in total. The molecule has 6 heteroatoms. The molecule has 20 heavy (non-hydrogen) atoms. The summed E-state index contributed by atoms with van der Waals surface area (Å²) in [5.41, 5.74) is 1.42. The number of hydrogen-bond acceptors (Lipinski definition) is 5. The first-order valence-electron chi connectivity index (χ1n) is 6.65. The number of nitriles is 1. The van der Waals surface area contributed by atoms with E-state index in [4.69, 9.17) is 5.26 Å². The SMILES string of the molecule is Cc1c(NC2CCC(O)CC2)cc(C#N)cc1[N+](=O)[O-]. The Morgan fingerprint density at radius 1 is 1.40 bits per heavy atom. The summed E-state index contributed by atoms with van der Waals surface area (Å²) in [6.45, 7) is 1.68. The Morgan fingerprint density at radius 3 is 2.60 bits per heavy atom. The van der Waals surface area contributed by atoms with Crippen LogP contribution in [0.25, 0.3) is 0 Å². The highest BCUT2D eigenvalue weighted by atomic mass is 16.6. The van der Waals surface area contributed by atoms with Crippen molar-refractivity contribution in [2.24, 2.45) is 0 Å². The van der Waals surface area contributed by atoms with Crippen molar-refractivity contribution in [3.05, 3.63) is 33.4 Å². The summed E-state index contributed by atoms with van der Waals surface area (Å²) in [5.74, 6) is 0. The molecule has 0 atom stereocenters. The first kappa shape index (κ1) is 14.3. The van der Waals surface area contributed by atoms with Crippen molar-refractivity contribution >= 4 is 11.4 Å². The van der Waals surface area contributed by atoms with E-state index in [0.29, 0.717) is 11.3 Å². The summed E-state index contributed by atoms with van der Waals surface area (Å²) in [7, 11) is 0. The molecular weight excluding hydrogens is 258 g/mol. The van der Waals surface area contributed by atoms with E-state index in [1.165, 1.54) is 6.07 Å². The number of nitro benzene ring substituents is 1. The molecule has 106 valence electrons. The van der Waals surface area contributed by atoms with Crippen LogP contribution in [0.3, 0.4) is 0 Å². The van der Waals surface area contributed by atoms with Gasteiger partial charge in [0.1, 0.15) is 0 Å². The number of nitro groups is 1. The minimum absolute atomic E-state index is 0.0394. The van der Waals surface area contributed by atoms with Crippen molar-refractivity contribution in [2.45, 2.75) is 44.8 Å². The van der Waals surface area contributed by atoms with E-state index in [1.54, 1.807) is 13.0 Å². The number of rotatable bonds is 3. The quantitative estimate of drug-likeness (QED) is 0.652. The van der Waals surface area contributed by atoms with Crippen molar-refractivity contribution in [3.63, 3.8) is 0 Å². The van der Waals surface area contributed by atoms with Crippen LogP contribution in [0.2, 0.25) is 0 Å². The lowest BCUT2D eigenvalue weighted by molar-refractivity contribution is -0.385. The largest absolute Gasteiger partial charge is 0.393 e. The van der Waals surface area contributed by atoms with Gasteiger partial charge in [-0.05, 0) is 38.7 Å². The molecule has 0 aromatic heterocycles. The number of nitrogens with one attached hydrogen (secondary N) is 1. The van der Waals surface area contributed by atoms with Crippen molar-refractivity contribution < 1.29 is 10.0 Å². The van der Waals surface area contributed by atoms with Gasteiger partial charge in [-0.25, -0.2) is 0 Å². The number of anilines is 1. The van der Waals surface area contributed by atoms with Gasteiger partial charge in [0.15, 0.2) is 0 Å². The van der Waals surface area contributed by atoms with Crippen LogP contribution in [0.1, 0.15) is 36.8 Å². The molecular formula is C14H17N3O3. The fourth-order valence-electron chi connectivity index (χ4n) is 2.54. The van der Waals surface area contributed by atoms with Crippen LogP contribution in [-0.2, 0) is 0 Å². The first-order chi connectivity index (χ1) is 9.51. The van der Waals surface area contributed by atoms with E-state index >= 15 is 0 Å². The van der Waals surface area contributed by atoms with Crippen molar-refractivity contribution in [2.75, 3.05) is 5.32 Å². The second-order valence-corrected chi connectivity index (χ2v) is 5.19. The molecule has 0 saturated heterocycles. The zero-order valence-electron chi connectivity index (χ0n) is 11.3. The van der Waals surface area contributed by atoms with Crippen LogP contribution in [0.5, 0.6) is 0 Å². The standard InChI is InChI=1S/C14H17N3O3/c1-9-13(16-11-2-4-12(18)5-3-11)6-10(8-15)7-14(9)17(19)20/h6-7,11-12,16,18H,2-5H2,1H3. The summed E-state index contributed by atoms with van der Waals surface area (Å²) in [4.78, 5) is 10.5. The number of benzene rings is 1. The molecule has 1 aliphatic rings. The van der Waals surface area contributed by atoms with Crippen LogP contribution >= 0.6 is 0 Å². The Labute approximate surface area is 117 Å². The highest BCUT2D eigenvalue weighted by molar-refractivity contribution is 5.64. The maximum absolute atomic E-state index is 11.0. The van der Waals surface area contributed by atoms with Gasteiger partial charge in [0, 0.05) is 23.4 Å².